The van der Waals surface area contributed by atoms with Gasteiger partial charge in [0, 0.05) is 0 Å². The third-order valence-electron chi connectivity index (χ3n) is 3.18. The van der Waals surface area contributed by atoms with Crippen LogP contribution in [0.25, 0.3) is 11.1 Å². The van der Waals surface area contributed by atoms with Crippen LogP contribution in [0.15, 0.2) is 36.4 Å². The van der Waals surface area contributed by atoms with E-state index >= 15 is 0 Å². The van der Waals surface area contributed by atoms with Gasteiger partial charge in [0.05, 0.1) is 17.2 Å². The van der Waals surface area contributed by atoms with Crippen molar-refractivity contribution in [2.45, 2.75) is 20.3 Å². The maximum Gasteiger partial charge on any atom is 0.337 e. The van der Waals surface area contributed by atoms with Crippen molar-refractivity contribution in [1.82, 2.24) is 0 Å². The summed E-state index contributed by atoms with van der Waals surface area (Å²) in [6.45, 7) is 4.75. The Morgan fingerprint density at radius 3 is 2.57 bits per heavy atom. The van der Waals surface area contributed by atoms with Crippen LogP contribution in [-0.2, 0) is 0 Å². The van der Waals surface area contributed by atoms with E-state index in [9.17, 15) is 4.79 Å². The molecule has 3 nitrogen and oxygen atoms in total. The first-order valence-corrected chi connectivity index (χ1v) is 7.17. The van der Waals surface area contributed by atoms with Gasteiger partial charge in [0.2, 0.25) is 0 Å². The smallest absolute Gasteiger partial charge is 0.337 e. The summed E-state index contributed by atoms with van der Waals surface area (Å²) in [5.74, 6) is -0.182. The van der Waals surface area contributed by atoms with Gasteiger partial charge in [-0.2, -0.15) is 0 Å². The van der Waals surface area contributed by atoms with Gasteiger partial charge in [0.25, 0.3) is 0 Å². The zero-order valence-electron chi connectivity index (χ0n) is 12.0. The van der Waals surface area contributed by atoms with E-state index in [1.807, 2.05) is 25.1 Å². The van der Waals surface area contributed by atoms with Gasteiger partial charge in [-0.05, 0) is 54.3 Å². The molecule has 0 radical (unpaired) electrons. The van der Waals surface area contributed by atoms with E-state index in [0.717, 1.165) is 28.9 Å². The lowest BCUT2D eigenvalue weighted by molar-refractivity contribution is 0.0697. The molecule has 0 bridgehead atoms. The van der Waals surface area contributed by atoms with Gasteiger partial charge in [-0.1, -0.05) is 30.7 Å². The summed E-state index contributed by atoms with van der Waals surface area (Å²) in [7, 11) is 0. The lowest BCUT2D eigenvalue weighted by Gasteiger charge is -2.11. The molecule has 0 aliphatic carbocycles. The van der Waals surface area contributed by atoms with Crippen LogP contribution < -0.4 is 4.74 Å². The molecule has 110 valence electrons. The average Bonchev–Trinajstić information content (AvgIpc) is 2.44. The Bertz CT molecular complexity index is 665. The quantitative estimate of drug-likeness (QED) is 0.863. The largest absolute Gasteiger partial charge is 0.494 e. The number of hydrogen-bond acceptors (Lipinski definition) is 2. The van der Waals surface area contributed by atoms with Crippen LogP contribution in [0.3, 0.4) is 0 Å². The molecule has 0 saturated heterocycles. The van der Waals surface area contributed by atoms with Gasteiger partial charge < -0.3 is 9.84 Å². The molecule has 4 heteroatoms. The van der Waals surface area contributed by atoms with Gasteiger partial charge >= 0.3 is 5.97 Å². The molecular weight excluding hydrogens is 288 g/mol. The molecule has 2 rings (SSSR count). The molecule has 0 aromatic heterocycles. The van der Waals surface area contributed by atoms with Gasteiger partial charge in [-0.3, -0.25) is 0 Å². The van der Waals surface area contributed by atoms with Crippen LogP contribution >= 0.6 is 11.6 Å². The van der Waals surface area contributed by atoms with E-state index in [2.05, 4.69) is 6.92 Å². The minimum absolute atomic E-state index is 0.112. The highest BCUT2D eigenvalue weighted by Gasteiger charge is 2.11. The Morgan fingerprint density at radius 1 is 1.24 bits per heavy atom. The fourth-order valence-electron chi connectivity index (χ4n) is 2.13. The van der Waals surface area contributed by atoms with E-state index in [-0.39, 0.29) is 10.6 Å². The van der Waals surface area contributed by atoms with Crippen molar-refractivity contribution in [3.63, 3.8) is 0 Å². The molecule has 21 heavy (non-hydrogen) atoms. The molecule has 0 amide bonds. The van der Waals surface area contributed by atoms with E-state index < -0.39 is 5.97 Å². The van der Waals surface area contributed by atoms with Crippen LogP contribution in [0.4, 0.5) is 0 Å². The second-order valence-electron chi connectivity index (χ2n) is 4.82. The minimum atomic E-state index is -1.02. The average molecular weight is 305 g/mol. The van der Waals surface area contributed by atoms with Crippen LogP contribution in [0, 0.1) is 6.92 Å². The SMILES string of the molecule is CCCOc1ccc(-c2ccc(C(=O)O)c(Cl)c2)c(C)c1. The Morgan fingerprint density at radius 2 is 2.00 bits per heavy atom. The zero-order chi connectivity index (χ0) is 15.4. The fourth-order valence-corrected chi connectivity index (χ4v) is 2.39. The van der Waals surface area contributed by atoms with Gasteiger partial charge in [-0.25, -0.2) is 4.79 Å². The number of ether oxygens (including phenoxy) is 1. The maximum atomic E-state index is 11.0. The predicted molar refractivity (Wildman–Crippen MR) is 84.4 cm³/mol. The van der Waals surface area contributed by atoms with Crippen LogP contribution in [0.5, 0.6) is 5.75 Å². The van der Waals surface area contributed by atoms with Crippen LogP contribution in [0.2, 0.25) is 5.02 Å². The van der Waals surface area contributed by atoms with E-state index in [0.29, 0.717) is 6.61 Å². The first-order valence-electron chi connectivity index (χ1n) is 6.79. The summed E-state index contributed by atoms with van der Waals surface area (Å²) >= 11 is 6.02. The highest BCUT2D eigenvalue weighted by atomic mass is 35.5. The molecule has 0 spiro atoms. The summed E-state index contributed by atoms with van der Waals surface area (Å²) in [5, 5.41) is 9.24. The Labute approximate surface area is 129 Å². The van der Waals surface area contributed by atoms with Crippen molar-refractivity contribution in [3.05, 3.63) is 52.5 Å². The Kier molecular flexibility index (Phi) is 4.86. The van der Waals surface area contributed by atoms with Gasteiger partial charge in [-0.15, -0.1) is 0 Å². The number of halogens is 1. The van der Waals surface area contributed by atoms with Crippen molar-refractivity contribution in [3.8, 4) is 16.9 Å². The standard InChI is InChI=1S/C17H17ClO3/c1-3-8-21-13-5-7-14(11(2)9-13)12-4-6-15(17(19)20)16(18)10-12/h4-7,9-10H,3,8H2,1-2H3,(H,19,20). The number of carbonyl (C=O) groups is 1. The molecular formula is C17H17ClO3. The summed E-state index contributed by atoms with van der Waals surface area (Å²) < 4.78 is 5.60. The Balaban J connectivity index is 2.34. The molecule has 2 aromatic rings. The number of carboxylic acids is 1. The zero-order valence-corrected chi connectivity index (χ0v) is 12.8. The normalized spacial score (nSPS) is 10.4. The van der Waals surface area contributed by atoms with Crippen molar-refractivity contribution in [1.29, 1.82) is 0 Å². The number of carboxylic acid groups (broad SMARTS) is 1. The second kappa shape index (κ2) is 6.64. The lowest BCUT2D eigenvalue weighted by atomic mass is 9.99. The highest BCUT2D eigenvalue weighted by Crippen LogP contribution is 2.30. The lowest BCUT2D eigenvalue weighted by Crippen LogP contribution is -1.98. The molecule has 1 N–H and O–H groups in total. The van der Waals surface area contributed by atoms with Crippen molar-refractivity contribution in [2.24, 2.45) is 0 Å². The first kappa shape index (κ1) is 15.4. The van der Waals surface area contributed by atoms with Crippen LogP contribution in [0.1, 0.15) is 29.3 Å². The minimum Gasteiger partial charge on any atom is -0.494 e. The second-order valence-corrected chi connectivity index (χ2v) is 5.23. The van der Waals surface area contributed by atoms with Crippen molar-refractivity contribution < 1.29 is 14.6 Å². The third-order valence-corrected chi connectivity index (χ3v) is 3.49. The summed E-state index contributed by atoms with van der Waals surface area (Å²) in [5.41, 5.74) is 3.07. The van der Waals surface area contributed by atoms with Crippen LogP contribution in [-0.4, -0.2) is 17.7 Å². The highest BCUT2D eigenvalue weighted by molar-refractivity contribution is 6.33. The predicted octanol–water partition coefficient (Wildman–Crippen LogP) is 4.80. The number of benzene rings is 2. The number of rotatable bonds is 5. The molecule has 0 aliphatic heterocycles. The van der Waals surface area contributed by atoms with Crippen molar-refractivity contribution in [2.75, 3.05) is 6.61 Å². The molecule has 0 atom stereocenters. The topological polar surface area (TPSA) is 46.5 Å². The van der Waals surface area contributed by atoms with Gasteiger partial charge in [0.1, 0.15) is 5.75 Å². The van der Waals surface area contributed by atoms with E-state index in [1.165, 1.54) is 6.07 Å². The number of aryl methyl sites for hydroxylation is 1. The molecule has 2 aromatic carbocycles. The number of hydrogen-bond donors (Lipinski definition) is 1. The number of aromatic carboxylic acids is 1. The fraction of sp³-hybridized carbons (Fsp3) is 0.235. The molecule has 0 unspecified atom stereocenters. The molecule has 0 heterocycles. The molecule has 0 aliphatic rings. The molecule has 0 saturated carbocycles. The molecule has 0 fully saturated rings. The van der Waals surface area contributed by atoms with E-state index in [4.69, 9.17) is 21.4 Å². The first-order chi connectivity index (χ1) is 10.0. The summed E-state index contributed by atoms with van der Waals surface area (Å²) in [4.78, 5) is 11.0. The van der Waals surface area contributed by atoms with Crippen molar-refractivity contribution >= 4 is 17.6 Å². The third kappa shape index (κ3) is 3.56. The van der Waals surface area contributed by atoms with E-state index in [1.54, 1.807) is 12.1 Å². The summed E-state index contributed by atoms with van der Waals surface area (Å²) in [6.07, 6.45) is 0.965. The summed E-state index contributed by atoms with van der Waals surface area (Å²) in [6, 6.07) is 10.8. The monoisotopic (exact) mass is 304 g/mol. The Hall–Kier alpha value is -2.00. The maximum absolute atomic E-state index is 11.0. The van der Waals surface area contributed by atoms with Gasteiger partial charge in [0.15, 0.2) is 0 Å².